The first-order chi connectivity index (χ1) is 10.7. The van der Waals surface area contributed by atoms with Gasteiger partial charge in [0.05, 0.1) is 24.9 Å². The smallest absolute Gasteiger partial charge is 0.222 e. The van der Waals surface area contributed by atoms with E-state index < -0.39 is 16.0 Å². The van der Waals surface area contributed by atoms with Crippen LogP contribution in [0.25, 0.3) is 0 Å². The van der Waals surface area contributed by atoms with Crippen LogP contribution in [0.3, 0.4) is 0 Å². The lowest BCUT2D eigenvalue weighted by Gasteiger charge is -2.43. The Bertz CT molecular complexity index is 400. The number of methoxy groups -OCH3 is 1. The molecular weight excluding hydrogens is 325 g/mol. The molecule has 3 atom stereocenters. The minimum atomic E-state index is -0.589. The summed E-state index contributed by atoms with van der Waals surface area (Å²) >= 11 is 4.56. The minimum absolute atomic E-state index is 0.0209. The van der Waals surface area contributed by atoms with Crippen molar-refractivity contribution in [3.8, 4) is 0 Å². The number of ether oxygens (including phenoxy) is 3. The van der Waals surface area contributed by atoms with E-state index in [2.05, 4.69) is 17.9 Å². The standard InChI is InChI=1S/C17H36BNO4S/c1-12(2)14(20)19-17(7,18)15(4,5)22-10-9-16(6,24)23-11-13(3)21-8/h12-13,24H,9-11,18H2,1-8H3,(H,19,20). The van der Waals surface area contributed by atoms with Gasteiger partial charge in [-0.3, -0.25) is 4.79 Å². The van der Waals surface area contributed by atoms with Gasteiger partial charge in [0.1, 0.15) is 12.8 Å². The average Bonchev–Trinajstić information content (AvgIpc) is 2.43. The third-order valence-corrected chi connectivity index (χ3v) is 4.88. The van der Waals surface area contributed by atoms with Gasteiger partial charge >= 0.3 is 0 Å². The predicted octanol–water partition coefficient (Wildman–Crippen LogP) is 1.99. The Morgan fingerprint density at radius 1 is 1.17 bits per heavy atom. The van der Waals surface area contributed by atoms with Crippen LogP contribution in [0, 0.1) is 5.92 Å². The molecular formula is C17H36BNO4S. The number of thiol groups is 1. The summed E-state index contributed by atoms with van der Waals surface area (Å²) in [6.45, 7) is 14.5. The highest BCUT2D eigenvalue weighted by atomic mass is 32.1. The normalized spacial score (nSPS) is 18.8. The molecule has 0 aromatic heterocycles. The Hall–Kier alpha value is -0.235. The molecule has 0 aromatic carbocycles. The first-order valence-electron chi connectivity index (χ1n) is 8.59. The van der Waals surface area contributed by atoms with Crippen LogP contribution in [0.1, 0.15) is 54.9 Å². The number of hydrogen-bond donors (Lipinski definition) is 2. The molecule has 5 nitrogen and oxygen atoms in total. The van der Waals surface area contributed by atoms with Crippen LogP contribution in [0.2, 0.25) is 0 Å². The van der Waals surface area contributed by atoms with E-state index in [9.17, 15) is 4.79 Å². The highest BCUT2D eigenvalue weighted by Crippen LogP contribution is 2.26. The molecule has 0 aromatic rings. The van der Waals surface area contributed by atoms with Crippen LogP contribution in [-0.4, -0.2) is 56.2 Å². The lowest BCUT2D eigenvalue weighted by atomic mass is 9.67. The van der Waals surface area contributed by atoms with Crippen LogP contribution < -0.4 is 5.32 Å². The third kappa shape index (κ3) is 8.23. The Morgan fingerprint density at radius 3 is 2.17 bits per heavy atom. The Kier molecular flexibility index (Phi) is 9.37. The molecule has 1 N–H and O–H groups in total. The Labute approximate surface area is 154 Å². The molecule has 0 heterocycles. The molecule has 0 bridgehead atoms. The molecule has 1 amide bonds. The van der Waals surface area contributed by atoms with Gasteiger partial charge in [0, 0.05) is 24.9 Å². The number of carbonyl (C=O) groups excluding carboxylic acids is 1. The highest BCUT2D eigenvalue weighted by molar-refractivity contribution is 7.81. The summed E-state index contributed by atoms with van der Waals surface area (Å²) < 4.78 is 17.0. The molecule has 24 heavy (non-hydrogen) atoms. The Balaban J connectivity index is 4.52. The number of rotatable bonds is 11. The molecule has 0 radical (unpaired) electrons. The number of amides is 1. The largest absolute Gasteiger partial charge is 0.379 e. The topological polar surface area (TPSA) is 56.8 Å². The van der Waals surface area contributed by atoms with Crippen LogP contribution in [-0.2, 0) is 19.0 Å². The molecule has 0 fully saturated rings. The van der Waals surface area contributed by atoms with Crippen molar-refractivity contribution >= 4 is 26.4 Å². The Morgan fingerprint density at radius 2 is 1.71 bits per heavy atom. The van der Waals surface area contributed by atoms with Crippen molar-refractivity contribution in [3.63, 3.8) is 0 Å². The van der Waals surface area contributed by atoms with Crippen molar-refractivity contribution in [2.24, 2.45) is 5.92 Å². The van der Waals surface area contributed by atoms with Crippen molar-refractivity contribution in [2.75, 3.05) is 20.3 Å². The van der Waals surface area contributed by atoms with Gasteiger partial charge in [0.2, 0.25) is 5.91 Å². The number of hydrogen-bond acceptors (Lipinski definition) is 5. The maximum atomic E-state index is 12.0. The van der Waals surface area contributed by atoms with Crippen molar-refractivity contribution in [1.29, 1.82) is 0 Å². The van der Waals surface area contributed by atoms with E-state index in [0.29, 0.717) is 19.6 Å². The van der Waals surface area contributed by atoms with Crippen molar-refractivity contribution in [2.45, 2.75) is 77.0 Å². The summed E-state index contributed by atoms with van der Waals surface area (Å²) in [4.78, 5) is 11.4. The summed E-state index contributed by atoms with van der Waals surface area (Å²) in [6, 6.07) is 0. The summed E-state index contributed by atoms with van der Waals surface area (Å²) in [6.07, 6.45) is 0.656. The fraction of sp³-hybridized carbons (Fsp3) is 0.941. The number of carbonyl (C=O) groups is 1. The monoisotopic (exact) mass is 361 g/mol. The second-order valence-corrected chi connectivity index (χ2v) is 8.86. The molecule has 0 saturated heterocycles. The lowest BCUT2D eigenvalue weighted by molar-refractivity contribution is -0.130. The predicted molar refractivity (Wildman–Crippen MR) is 104 cm³/mol. The molecule has 0 rings (SSSR count). The zero-order chi connectivity index (χ0) is 19.2. The van der Waals surface area contributed by atoms with Crippen molar-refractivity contribution in [1.82, 2.24) is 5.32 Å². The fourth-order valence-electron chi connectivity index (χ4n) is 1.72. The van der Waals surface area contributed by atoms with Crippen LogP contribution >= 0.6 is 12.6 Å². The minimum Gasteiger partial charge on any atom is -0.379 e. The summed E-state index contributed by atoms with van der Waals surface area (Å²) in [5.74, 6) is -0.0374. The lowest BCUT2D eigenvalue weighted by Crippen LogP contribution is -2.62. The van der Waals surface area contributed by atoms with E-state index in [0.717, 1.165) is 0 Å². The maximum Gasteiger partial charge on any atom is 0.222 e. The van der Waals surface area contributed by atoms with E-state index in [1.807, 2.05) is 56.3 Å². The summed E-state index contributed by atoms with van der Waals surface area (Å²) in [5.41, 5.74) is -1.02. The molecule has 0 saturated carbocycles. The summed E-state index contributed by atoms with van der Waals surface area (Å²) in [7, 11) is 3.63. The van der Waals surface area contributed by atoms with Gasteiger partial charge in [-0.05, 0) is 34.6 Å². The number of nitrogens with one attached hydrogen (secondary N) is 1. The van der Waals surface area contributed by atoms with Gasteiger partial charge in [-0.15, -0.1) is 12.6 Å². The van der Waals surface area contributed by atoms with Crippen LogP contribution in [0.15, 0.2) is 0 Å². The highest BCUT2D eigenvalue weighted by Gasteiger charge is 2.39. The summed E-state index contributed by atoms with van der Waals surface area (Å²) in [5, 5.41) is 3.06. The van der Waals surface area contributed by atoms with Gasteiger partial charge in [0.25, 0.3) is 0 Å². The fourth-order valence-corrected chi connectivity index (χ4v) is 1.88. The third-order valence-electron chi connectivity index (χ3n) is 4.53. The molecule has 3 unspecified atom stereocenters. The molecule has 0 aliphatic carbocycles. The quantitative estimate of drug-likeness (QED) is 0.336. The zero-order valence-electron chi connectivity index (χ0n) is 16.9. The van der Waals surface area contributed by atoms with E-state index in [1.54, 1.807) is 7.11 Å². The first kappa shape index (κ1) is 23.8. The van der Waals surface area contributed by atoms with Crippen LogP contribution in [0.5, 0.6) is 0 Å². The van der Waals surface area contributed by atoms with Crippen molar-refractivity contribution in [3.05, 3.63) is 0 Å². The van der Waals surface area contributed by atoms with E-state index in [1.165, 1.54) is 0 Å². The van der Waals surface area contributed by atoms with E-state index >= 15 is 0 Å². The molecule has 0 aliphatic rings. The van der Waals surface area contributed by atoms with Gasteiger partial charge < -0.3 is 19.5 Å². The van der Waals surface area contributed by atoms with Gasteiger partial charge in [-0.25, -0.2) is 0 Å². The molecule has 0 aliphatic heterocycles. The van der Waals surface area contributed by atoms with E-state index in [-0.39, 0.29) is 17.9 Å². The second-order valence-electron chi connectivity index (χ2n) is 7.91. The van der Waals surface area contributed by atoms with Gasteiger partial charge in [-0.2, -0.15) is 0 Å². The average molecular weight is 361 g/mol. The van der Waals surface area contributed by atoms with Crippen molar-refractivity contribution < 1.29 is 19.0 Å². The van der Waals surface area contributed by atoms with Crippen LogP contribution in [0.4, 0.5) is 0 Å². The first-order valence-corrected chi connectivity index (χ1v) is 9.04. The second kappa shape index (κ2) is 9.46. The maximum absolute atomic E-state index is 12.0. The zero-order valence-corrected chi connectivity index (χ0v) is 17.8. The SMILES string of the molecule is BC(C)(NC(=O)C(C)C)C(C)(C)OCCC(C)(S)OCC(C)OC. The molecule has 142 valence electrons. The van der Waals surface area contributed by atoms with Gasteiger partial charge in [0.15, 0.2) is 0 Å². The van der Waals surface area contributed by atoms with E-state index in [4.69, 9.17) is 14.2 Å². The molecule has 0 spiro atoms. The van der Waals surface area contributed by atoms with Gasteiger partial charge in [-0.1, -0.05) is 13.8 Å². The molecule has 7 heteroatoms.